The molecular weight excluding hydrogens is 348 g/mol. The van der Waals surface area contributed by atoms with E-state index in [0.717, 1.165) is 0 Å². The summed E-state index contributed by atoms with van der Waals surface area (Å²) >= 11 is 0. The molecule has 0 heterocycles. The third-order valence-electron chi connectivity index (χ3n) is 2.66. The summed E-state index contributed by atoms with van der Waals surface area (Å²) in [6, 6.07) is 0. The maximum Gasteiger partial charge on any atom is 0.426 e. The molecule has 0 aromatic carbocycles. The highest BCUT2D eigenvalue weighted by Gasteiger charge is 2.80. The van der Waals surface area contributed by atoms with Crippen molar-refractivity contribution in [2.75, 3.05) is 6.61 Å². The number of rotatable bonds is 9. The third kappa shape index (κ3) is 4.63. The Morgan fingerprint density at radius 3 is 1.86 bits per heavy atom. The smallest absolute Gasteiger partial charge is 0.426 e. The van der Waals surface area contributed by atoms with E-state index in [1.54, 1.807) is 6.92 Å². The SMILES string of the molecule is CC(CCOC(F)(F)C(F)(F)C(F)(F)C(C)(F)F)[SiH2]O[SiH3]. The predicted octanol–water partition coefficient (Wildman–Crippen LogP) is 2.10. The first-order valence-corrected chi connectivity index (χ1v) is 8.06. The highest BCUT2D eigenvalue weighted by Crippen LogP contribution is 2.52. The van der Waals surface area contributed by atoms with Crippen LogP contribution in [0.1, 0.15) is 20.3 Å². The van der Waals surface area contributed by atoms with E-state index in [9.17, 15) is 35.1 Å². The second-order valence-corrected chi connectivity index (χ2v) is 8.79. The molecule has 21 heavy (non-hydrogen) atoms. The van der Waals surface area contributed by atoms with Crippen molar-refractivity contribution in [3.8, 4) is 0 Å². The molecule has 12 heteroatoms. The van der Waals surface area contributed by atoms with Crippen LogP contribution < -0.4 is 0 Å². The van der Waals surface area contributed by atoms with Gasteiger partial charge in [0.25, 0.3) is 0 Å². The Bertz CT molecular complexity index is 334. The van der Waals surface area contributed by atoms with Crippen molar-refractivity contribution < 1.29 is 44.0 Å². The van der Waals surface area contributed by atoms with Gasteiger partial charge < -0.3 is 8.85 Å². The zero-order chi connectivity index (χ0) is 17.1. The molecule has 1 unspecified atom stereocenters. The molecule has 0 bridgehead atoms. The topological polar surface area (TPSA) is 18.5 Å². The Morgan fingerprint density at radius 2 is 1.48 bits per heavy atom. The van der Waals surface area contributed by atoms with Crippen molar-refractivity contribution in [2.24, 2.45) is 0 Å². The molecule has 0 rings (SSSR count). The van der Waals surface area contributed by atoms with E-state index in [2.05, 4.69) is 4.74 Å². The fourth-order valence-corrected chi connectivity index (χ4v) is 3.91. The lowest BCUT2D eigenvalue weighted by Gasteiger charge is -2.35. The molecule has 0 fully saturated rings. The van der Waals surface area contributed by atoms with Crippen LogP contribution in [-0.4, -0.2) is 50.7 Å². The van der Waals surface area contributed by atoms with Gasteiger partial charge in [-0.15, -0.1) is 0 Å². The van der Waals surface area contributed by atoms with E-state index in [1.807, 2.05) is 0 Å². The minimum Gasteiger partial charge on any atom is -0.468 e. The maximum atomic E-state index is 13.1. The Balaban J connectivity index is 4.89. The van der Waals surface area contributed by atoms with Crippen molar-refractivity contribution in [1.82, 2.24) is 0 Å². The summed E-state index contributed by atoms with van der Waals surface area (Å²) in [5.74, 6) is -17.9. The average molecular weight is 364 g/mol. The van der Waals surface area contributed by atoms with E-state index in [-0.39, 0.29) is 12.0 Å². The number of hydrogen-bond acceptors (Lipinski definition) is 2. The number of alkyl halides is 8. The summed E-state index contributed by atoms with van der Waals surface area (Å²) in [5.41, 5.74) is -0.194. The summed E-state index contributed by atoms with van der Waals surface area (Å²) in [6.45, 7) is 0.0682. The summed E-state index contributed by atoms with van der Waals surface area (Å²) in [7, 11) is -0.583. The van der Waals surface area contributed by atoms with Gasteiger partial charge in [0.1, 0.15) is 20.2 Å². The van der Waals surface area contributed by atoms with Crippen LogP contribution in [0, 0.1) is 0 Å². The van der Waals surface area contributed by atoms with Crippen LogP contribution >= 0.6 is 0 Å². The molecule has 0 saturated heterocycles. The number of halogens is 8. The Morgan fingerprint density at radius 1 is 1.00 bits per heavy atom. The molecule has 0 aliphatic carbocycles. The largest absolute Gasteiger partial charge is 0.468 e. The molecule has 0 aromatic rings. The van der Waals surface area contributed by atoms with Crippen LogP contribution in [0.3, 0.4) is 0 Å². The first kappa shape index (κ1) is 20.8. The van der Waals surface area contributed by atoms with Gasteiger partial charge in [-0.2, -0.15) is 35.1 Å². The van der Waals surface area contributed by atoms with Crippen molar-refractivity contribution in [3.63, 3.8) is 0 Å². The first-order chi connectivity index (χ1) is 9.20. The van der Waals surface area contributed by atoms with E-state index in [4.69, 9.17) is 4.12 Å². The highest BCUT2D eigenvalue weighted by molar-refractivity contribution is 6.35. The van der Waals surface area contributed by atoms with Gasteiger partial charge in [-0.05, 0) is 12.0 Å². The molecule has 128 valence electrons. The molecule has 0 aliphatic heterocycles. The van der Waals surface area contributed by atoms with E-state index in [1.165, 1.54) is 0 Å². The van der Waals surface area contributed by atoms with Gasteiger partial charge >= 0.3 is 23.9 Å². The molecule has 0 aromatic heterocycles. The van der Waals surface area contributed by atoms with Gasteiger partial charge in [-0.1, -0.05) is 6.92 Å². The van der Waals surface area contributed by atoms with E-state index < -0.39 is 47.2 Å². The summed E-state index contributed by atoms with van der Waals surface area (Å²) in [6.07, 6.45) is -5.83. The van der Waals surface area contributed by atoms with Crippen LogP contribution in [0.15, 0.2) is 0 Å². The minimum absolute atomic E-state index is 0.117. The van der Waals surface area contributed by atoms with Crippen molar-refractivity contribution in [1.29, 1.82) is 0 Å². The van der Waals surface area contributed by atoms with Crippen molar-refractivity contribution >= 4 is 20.2 Å². The molecule has 2 nitrogen and oxygen atoms in total. The third-order valence-corrected chi connectivity index (χ3v) is 4.97. The molecular formula is C9H16F8O2Si2. The summed E-state index contributed by atoms with van der Waals surface area (Å²) in [4.78, 5) is 0. The van der Waals surface area contributed by atoms with Gasteiger partial charge in [-0.25, -0.2) is 0 Å². The minimum atomic E-state index is -6.34. The molecule has 0 saturated carbocycles. The predicted molar refractivity (Wildman–Crippen MR) is 65.0 cm³/mol. The lowest BCUT2D eigenvalue weighted by Crippen LogP contribution is -2.62. The molecule has 0 amide bonds. The highest BCUT2D eigenvalue weighted by atomic mass is 28.3. The zero-order valence-corrected chi connectivity index (χ0v) is 15.0. The number of hydrogen-bond donors (Lipinski definition) is 0. The standard InChI is InChI=1S/C9H16F8O2Si2/c1-5(21-19-20)3-4-18-9(16,17)8(14,15)7(12,13)6(2,10)11/h5H,3-4,21H2,1-2,20H3. The van der Waals surface area contributed by atoms with Crippen LogP contribution in [0.5, 0.6) is 0 Å². The summed E-state index contributed by atoms with van der Waals surface area (Å²) in [5, 5.41) is 0. The average Bonchev–Trinajstić information content (AvgIpc) is 2.26. The fraction of sp³-hybridized carbons (Fsp3) is 1.00. The van der Waals surface area contributed by atoms with Gasteiger partial charge in [0, 0.05) is 6.92 Å². The Kier molecular flexibility index (Phi) is 6.85. The molecule has 0 N–H and O–H groups in total. The molecule has 1 atom stereocenters. The van der Waals surface area contributed by atoms with Crippen LogP contribution in [0.2, 0.25) is 5.54 Å². The van der Waals surface area contributed by atoms with E-state index in [0.29, 0.717) is 10.5 Å². The Hall–Kier alpha value is -0.206. The van der Waals surface area contributed by atoms with Crippen LogP contribution in [0.4, 0.5) is 35.1 Å². The van der Waals surface area contributed by atoms with Gasteiger partial charge in [-0.3, -0.25) is 0 Å². The first-order valence-electron chi connectivity index (χ1n) is 5.85. The summed E-state index contributed by atoms with van der Waals surface area (Å²) < 4.78 is 111. The maximum absolute atomic E-state index is 13.1. The lowest BCUT2D eigenvalue weighted by molar-refractivity contribution is -0.425. The second kappa shape index (κ2) is 6.92. The molecule has 0 aliphatic rings. The van der Waals surface area contributed by atoms with Gasteiger partial charge in [0.05, 0.1) is 6.61 Å². The second-order valence-electron chi connectivity index (χ2n) is 4.75. The monoisotopic (exact) mass is 364 g/mol. The van der Waals surface area contributed by atoms with Crippen LogP contribution in [-0.2, 0) is 8.85 Å². The molecule has 0 spiro atoms. The fourth-order valence-electron chi connectivity index (χ4n) is 1.31. The zero-order valence-electron chi connectivity index (χ0n) is 11.5. The quantitative estimate of drug-likeness (QED) is 0.461. The Labute approximate surface area is 121 Å². The van der Waals surface area contributed by atoms with Gasteiger partial charge in [0.2, 0.25) is 0 Å². The van der Waals surface area contributed by atoms with Crippen LogP contribution in [0.25, 0.3) is 0 Å². The van der Waals surface area contributed by atoms with Crippen molar-refractivity contribution in [2.45, 2.75) is 49.7 Å². The van der Waals surface area contributed by atoms with Crippen molar-refractivity contribution in [3.05, 3.63) is 0 Å². The van der Waals surface area contributed by atoms with E-state index >= 15 is 0 Å². The normalized spacial score (nSPS) is 16.9. The lowest BCUT2D eigenvalue weighted by atomic mass is 10.1. The molecule has 0 radical (unpaired) electrons. The van der Waals surface area contributed by atoms with Gasteiger partial charge in [0.15, 0.2) is 0 Å². The number of ether oxygens (including phenoxy) is 1.